The Balaban J connectivity index is 2.38. The Bertz CT molecular complexity index is 331. The second-order valence-corrected chi connectivity index (χ2v) is 3.49. The number of hydrogen-bond acceptors (Lipinski definition) is 1. The minimum Gasteiger partial charge on any atom is -0.359 e. The van der Waals surface area contributed by atoms with Crippen LogP contribution in [-0.2, 0) is 6.42 Å². The van der Waals surface area contributed by atoms with Crippen molar-refractivity contribution in [3.8, 4) is 0 Å². The van der Waals surface area contributed by atoms with E-state index in [0.29, 0.717) is 0 Å². The van der Waals surface area contributed by atoms with E-state index in [4.69, 9.17) is 0 Å². The van der Waals surface area contributed by atoms with Gasteiger partial charge in [-0.2, -0.15) is 0 Å². The van der Waals surface area contributed by atoms with E-state index in [1.165, 1.54) is 11.1 Å². The third-order valence-corrected chi connectivity index (χ3v) is 2.25. The summed E-state index contributed by atoms with van der Waals surface area (Å²) in [5.41, 5.74) is 2.67. The molecule has 0 aromatic heterocycles. The number of nitrogens with zero attached hydrogens (tertiary/aromatic N) is 1. The van der Waals surface area contributed by atoms with Gasteiger partial charge in [-0.25, -0.2) is 0 Å². The SMILES string of the molecule is CN=C(NC)NCCc1cccc(C)c1. The molecule has 1 aromatic rings. The van der Waals surface area contributed by atoms with E-state index in [1.807, 2.05) is 7.05 Å². The molecule has 0 radical (unpaired) electrons. The highest BCUT2D eigenvalue weighted by Crippen LogP contribution is 2.03. The first-order valence-electron chi connectivity index (χ1n) is 5.20. The first-order chi connectivity index (χ1) is 7.26. The fourth-order valence-electron chi connectivity index (χ4n) is 1.47. The summed E-state index contributed by atoms with van der Waals surface area (Å²) in [6, 6.07) is 8.57. The fourth-order valence-corrected chi connectivity index (χ4v) is 1.47. The van der Waals surface area contributed by atoms with E-state index in [0.717, 1.165) is 18.9 Å². The highest BCUT2D eigenvalue weighted by molar-refractivity contribution is 5.79. The number of aryl methyl sites for hydroxylation is 1. The van der Waals surface area contributed by atoms with Crippen LogP contribution in [0.4, 0.5) is 0 Å². The third-order valence-electron chi connectivity index (χ3n) is 2.25. The van der Waals surface area contributed by atoms with Crippen molar-refractivity contribution in [2.75, 3.05) is 20.6 Å². The van der Waals surface area contributed by atoms with Gasteiger partial charge in [-0.1, -0.05) is 29.8 Å². The van der Waals surface area contributed by atoms with E-state index >= 15 is 0 Å². The summed E-state index contributed by atoms with van der Waals surface area (Å²) in [5.74, 6) is 0.836. The van der Waals surface area contributed by atoms with Crippen LogP contribution in [-0.4, -0.2) is 26.6 Å². The van der Waals surface area contributed by atoms with Gasteiger partial charge in [-0.05, 0) is 18.9 Å². The molecule has 0 aliphatic heterocycles. The van der Waals surface area contributed by atoms with E-state index in [1.54, 1.807) is 7.05 Å². The smallest absolute Gasteiger partial charge is 0.190 e. The molecule has 0 saturated carbocycles. The lowest BCUT2D eigenvalue weighted by atomic mass is 10.1. The number of guanidine groups is 1. The van der Waals surface area contributed by atoms with Gasteiger partial charge in [-0.3, -0.25) is 4.99 Å². The summed E-state index contributed by atoms with van der Waals surface area (Å²) in [5, 5.41) is 6.21. The molecule has 0 unspecified atom stereocenters. The van der Waals surface area contributed by atoms with Crippen LogP contribution in [0.2, 0.25) is 0 Å². The molecule has 3 nitrogen and oxygen atoms in total. The van der Waals surface area contributed by atoms with Gasteiger partial charge in [0.05, 0.1) is 0 Å². The molecule has 15 heavy (non-hydrogen) atoms. The Morgan fingerprint density at radius 3 is 2.80 bits per heavy atom. The Morgan fingerprint density at radius 1 is 1.40 bits per heavy atom. The van der Waals surface area contributed by atoms with Gasteiger partial charge in [0.15, 0.2) is 5.96 Å². The maximum absolute atomic E-state index is 4.05. The largest absolute Gasteiger partial charge is 0.359 e. The summed E-state index contributed by atoms with van der Waals surface area (Å²) in [4.78, 5) is 4.05. The number of benzene rings is 1. The number of aliphatic imine (C=N–C) groups is 1. The number of nitrogens with one attached hydrogen (secondary N) is 2. The molecule has 1 rings (SSSR count). The fraction of sp³-hybridized carbons (Fsp3) is 0.417. The Morgan fingerprint density at radius 2 is 2.20 bits per heavy atom. The number of hydrogen-bond donors (Lipinski definition) is 2. The second-order valence-electron chi connectivity index (χ2n) is 3.49. The maximum atomic E-state index is 4.05. The van der Waals surface area contributed by atoms with Crippen molar-refractivity contribution in [1.29, 1.82) is 0 Å². The van der Waals surface area contributed by atoms with Crippen LogP contribution in [0.15, 0.2) is 29.3 Å². The third kappa shape index (κ3) is 4.02. The zero-order valence-electron chi connectivity index (χ0n) is 9.67. The van der Waals surface area contributed by atoms with Crippen molar-refractivity contribution in [2.45, 2.75) is 13.3 Å². The van der Waals surface area contributed by atoms with Gasteiger partial charge in [-0.15, -0.1) is 0 Å². The van der Waals surface area contributed by atoms with Gasteiger partial charge in [0.2, 0.25) is 0 Å². The van der Waals surface area contributed by atoms with Gasteiger partial charge >= 0.3 is 0 Å². The predicted octanol–water partition coefficient (Wildman–Crippen LogP) is 1.33. The van der Waals surface area contributed by atoms with Crippen LogP contribution in [0.1, 0.15) is 11.1 Å². The van der Waals surface area contributed by atoms with Crippen molar-refractivity contribution in [1.82, 2.24) is 10.6 Å². The van der Waals surface area contributed by atoms with Gasteiger partial charge < -0.3 is 10.6 Å². The van der Waals surface area contributed by atoms with Crippen LogP contribution in [0.25, 0.3) is 0 Å². The molecule has 0 spiro atoms. The Hall–Kier alpha value is -1.51. The average Bonchev–Trinajstić information content (AvgIpc) is 2.25. The summed E-state index contributed by atoms with van der Waals surface area (Å²) >= 11 is 0. The molecular formula is C12H19N3. The minimum atomic E-state index is 0.836. The van der Waals surface area contributed by atoms with Crippen molar-refractivity contribution < 1.29 is 0 Å². The van der Waals surface area contributed by atoms with Crippen molar-refractivity contribution >= 4 is 5.96 Å². The van der Waals surface area contributed by atoms with Crippen molar-refractivity contribution in [3.05, 3.63) is 35.4 Å². The predicted molar refractivity (Wildman–Crippen MR) is 65.3 cm³/mol. The van der Waals surface area contributed by atoms with E-state index in [-0.39, 0.29) is 0 Å². The number of rotatable bonds is 3. The quantitative estimate of drug-likeness (QED) is 0.577. The molecule has 2 N–H and O–H groups in total. The van der Waals surface area contributed by atoms with Gasteiger partial charge in [0, 0.05) is 20.6 Å². The minimum absolute atomic E-state index is 0.836. The molecule has 0 fully saturated rings. The van der Waals surface area contributed by atoms with Crippen LogP contribution in [0.3, 0.4) is 0 Å². The lowest BCUT2D eigenvalue weighted by Crippen LogP contribution is -2.35. The summed E-state index contributed by atoms with van der Waals surface area (Å²) in [7, 11) is 3.63. The van der Waals surface area contributed by atoms with Crippen LogP contribution in [0, 0.1) is 6.92 Å². The second kappa shape index (κ2) is 6.06. The van der Waals surface area contributed by atoms with Crippen LogP contribution >= 0.6 is 0 Å². The highest BCUT2D eigenvalue weighted by atomic mass is 15.1. The molecule has 0 atom stereocenters. The molecule has 0 heterocycles. The van der Waals surface area contributed by atoms with Crippen molar-refractivity contribution in [3.63, 3.8) is 0 Å². The molecule has 0 saturated heterocycles. The van der Waals surface area contributed by atoms with Crippen molar-refractivity contribution in [2.24, 2.45) is 4.99 Å². The molecule has 0 aliphatic carbocycles. The maximum Gasteiger partial charge on any atom is 0.190 e. The Labute approximate surface area is 91.6 Å². The molecule has 82 valence electrons. The van der Waals surface area contributed by atoms with Crippen LogP contribution < -0.4 is 10.6 Å². The molecule has 0 aliphatic rings. The topological polar surface area (TPSA) is 36.4 Å². The van der Waals surface area contributed by atoms with Gasteiger partial charge in [0.25, 0.3) is 0 Å². The lowest BCUT2D eigenvalue weighted by molar-refractivity contribution is 0.833. The zero-order valence-corrected chi connectivity index (χ0v) is 9.67. The molecule has 0 bridgehead atoms. The molecule has 3 heteroatoms. The monoisotopic (exact) mass is 205 g/mol. The first-order valence-corrected chi connectivity index (χ1v) is 5.20. The lowest BCUT2D eigenvalue weighted by Gasteiger charge is -2.08. The average molecular weight is 205 g/mol. The first kappa shape index (κ1) is 11.6. The summed E-state index contributed by atoms with van der Waals surface area (Å²) in [6.07, 6.45) is 1.02. The highest BCUT2D eigenvalue weighted by Gasteiger charge is 1.95. The molecule has 0 amide bonds. The van der Waals surface area contributed by atoms with E-state index < -0.39 is 0 Å². The molecule has 1 aromatic carbocycles. The summed E-state index contributed by atoms with van der Waals surface area (Å²) in [6.45, 7) is 3.01. The normalized spacial score (nSPS) is 11.3. The van der Waals surface area contributed by atoms with E-state index in [9.17, 15) is 0 Å². The van der Waals surface area contributed by atoms with Crippen LogP contribution in [0.5, 0.6) is 0 Å². The molecular weight excluding hydrogens is 186 g/mol. The van der Waals surface area contributed by atoms with E-state index in [2.05, 4.69) is 46.8 Å². The van der Waals surface area contributed by atoms with Gasteiger partial charge in [0.1, 0.15) is 0 Å². The zero-order chi connectivity index (χ0) is 11.1. The Kier molecular flexibility index (Phi) is 4.68. The summed E-state index contributed by atoms with van der Waals surface area (Å²) < 4.78 is 0. The standard InChI is InChI=1S/C12H19N3/c1-10-5-4-6-11(9-10)7-8-15-12(13-2)14-3/h4-6,9H,7-8H2,1-3H3,(H2,13,14,15).